The Hall–Kier alpha value is -1.51. The van der Waals surface area contributed by atoms with Gasteiger partial charge in [0.25, 0.3) is 0 Å². The Kier molecular flexibility index (Phi) is 2.86. The average Bonchev–Trinajstić information content (AvgIpc) is 2.59. The van der Waals surface area contributed by atoms with Crippen LogP contribution >= 0.6 is 0 Å². The number of hydrogen-bond acceptors (Lipinski definition) is 3. The van der Waals surface area contributed by atoms with Gasteiger partial charge in [0.05, 0.1) is 0 Å². The number of aromatic hydroxyl groups is 1. The zero-order valence-electron chi connectivity index (χ0n) is 9.40. The molecule has 1 saturated heterocycles. The molecule has 16 heavy (non-hydrogen) atoms. The molecule has 0 radical (unpaired) electrons. The Morgan fingerprint density at radius 2 is 2.06 bits per heavy atom. The number of hydrogen-bond donors (Lipinski definition) is 1. The zero-order chi connectivity index (χ0) is 11.6. The van der Waals surface area contributed by atoms with Crippen molar-refractivity contribution in [2.75, 3.05) is 0 Å². The molecule has 1 fully saturated rings. The SMILES string of the molecule is CC1(CCc2ccc(O)cc2)CCC(=O)O1. The molecule has 3 heteroatoms. The molecular weight excluding hydrogens is 204 g/mol. The van der Waals surface area contributed by atoms with Crippen molar-refractivity contribution in [3.05, 3.63) is 29.8 Å². The van der Waals surface area contributed by atoms with E-state index in [2.05, 4.69) is 0 Å². The van der Waals surface area contributed by atoms with E-state index < -0.39 is 0 Å². The van der Waals surface area contributed by atoms with E-state index in [0.29, 0.717) is 6.42 Å². The van der Waals surface area contributed by atoms with Crippen molar-refractivity contribution in [2.24, 2.45) is 0 Å². The molecule has 0 saturated carbocycles. The van der Waals surface area contributed by atoms with Crippen LogP contribution in [0.15, 0.2) is 24.3 Å². The lowest BCUT2D eigenvalue weighted by Gasteiger charge is -2.22. The normalized spacial score (nSPS) is 24.4. The smallest absolute Gasteiger partial charge is 0.306 e. The molecule has 1 aromatic carbocycles. The molecule has 0 aromatic heterocycles. The number of carbonyl (C=O) groups is 1. The largest absolute Gasteiger partial charge is 0.508 e. The fraction of sp³-hybridized carbons (Fsp3) is 0.462. The quantitative estimate of drug-likeness (QED) is 0.796. The number of rotatable bonds is 3. The van der Waals surface area contributed by atoms with Crippen molar-refractivity contribution in [3.63, 3.8) is 0 Å². The number of carbonyl (C=O) groups excluding carboxylic acids is 1. The minimum absolute atomic E-state index is 0.0896. The third kappa shape index (κ3) is 2.54. The summed E-state index contributed by atoms with van der Waals surface area (Å²) < 4.78 is 5.31. The molecular formula is C13H16O3. The lowest BCUT2D eigenvalue weighted by atomic mass is 9.94. The number of aryl methyl sites for hydroxylation is 1. The van der Waals surface area contributed by atoms with Gasteiger partial charge in [-0.1, -0.05) is 12.1 Å². The zero-order valence-corrected chi connectivity index (χ0v) is 9.40. The van der Waals surface area contributed by atoms with Gasteiger partial charge in [0, 0.05) is 6.42 Å². The summed E-state index contributed by atoms with van der Waals surface area (Å²) in [6, 6.07) is 7.15. The van der Waals surface area contributed by atoms with Crippen molar-refractivity contribution in [1.82, 2.24) is 0 Å². The van der Waals surface area contributed by atoms with Crippen molar-refractivity contribution in [3.8, 4) is 5.75 Å². The first kappa shape index (κ1) is 11.0. The van der Waals surface area contributed by atoms with E-state index in [-0.39, 0.29) is 17.3 Å². The highest BCUT2D eigenvalue weighted by Gasteiger charge is 2.34. The van der Waals surface area contributed by atoms with Crippen LogP contribution in [0.2, 0.25) is 0 Å². The van der Waals surface area contributed by atoms with Crippen LogP contribution in [0.1, 0.15) is 31.7 Å². The van der Waals surface area contributed by atoms with E-state index in [1.54, 1.807) is 12.1 Å². The molecule has 1 aliphatic heterocycles. The summed E-state index contributed by atoms with van der Waals surface area (Å²) >= 11 is 0. The summed E-state index contributed by atoms with van der Waals surface area (Å²) in [5.41, 5.74) is 0.858. The van der Waals surface area contributed by atoms with Gasteiger partial charge in [0.1, 0.15) is 11.4 Å². The third-order valence-corrected chi connectivity index (χ3v) is 3.10. The van der Waals surface area contributed by atoms with Crippen LogP contribution in [-0.2, 0) is 16.0 Å². The summed E-state index contributed by atoms with van der Waals surface area (Å²) in [5, 5.41) is 9.15. The summed E-state index contributed by atoms with van der Waals surface area (Å²) in [6.45, 7) is 1.98. The Balaban J connectivity index is 1.92. The van der Waals surface area contributed by atoms with Gasteiger partial charge in [-0.05, 0) is 43.9 Å². The Morgan fingerprint density at radius 3 is 2.62 bits per heavy atom. The maximum absolute atomic E-state index is 11.1. The van der Waals surface area contributed by atoms with Crippen LogP contribution in [0, 0.1) is 0 Å². The minimum atomic E-state index is -0.297. The summed E-state index contributed by atoms with van der Waals surface area (Å²) in [4.78, 5) is 11.1. The highest BCUT2D eigenvalue weighted by atomic mass is 16.6. The van der Waals surface area contributed by atoms with Crippen LogP contribution in [0.25, 0.3) is 0 Å². The second kappa shape index (κ2) is 4.16. The molecule has 3 nitrogen and oxygen atoms in total. The van der Waals surface area contributed by atoms with Crippen molar-refractivity contribution in [2.45, 2.75) is 38.2 Å². The number of esters is 1. The van der Waals surface area contributed by atoms with Crippen LogP contribution in [0.4, 0.5) is 0 Å². The highest BCUT2D eigenvalue weighted by molar-refractivity contribution is 5.72. The van der Waals surface area contributed by atoms with E-state index in [4.69, 9.17) is 9.84 Å². The maximum atomic E-state index is 11.1. The molecule has 1 aromatic rings. The number of benzene rings is 1. The predicted molar refractivity (Wildman–Crippen MR) is 60.2 cm³/mol. The van der Waals surface area contributed by atoms with Gasteiger partial charge < -0.3 is 9.84 Å². The Bertz CT molecular complexity index is 383. The third-order valence-electron chi connectivity index (χ3n) is 3.10. The van der Waals surface area contributed by atoms with E-state index >= 15 is 0 Å². The number of phenols is 1. The van der Waals surface area contributed by atoms with Gasteiger partial charge >= 0.3 is 5.97 Å². The van der Waals surface area contributed by atoms with Crippen LogP contribution < -0.4 is 0 Å². The lowest BCUT2D eigenvalue weighted by molar-refractivity contribution is -0.147. The maximum Gasteiger partial charge on any atom is 0.306 e. The summed E-state index contributed by atoms with van der Waals surface area (Å²) in [7, 11) is 0. The number of cyclic esters (lactones) is 1. The van der Waals surface area contributed by atoms with Crippen molar-refractivity contribution >= 4 is 5.97 Å². The Labute approximate surface area is 95.0 Å². The predicted octanol–water partition coefficient (Wildman–Crippen LogP) is 2.42. The van der Waals surface area contributed by atoms with Gasteiger partial charge in [-0.25, -0.2) is 0 Å². The molecule has 86 valence electrons. The molecule has 0 aliphatic carbocycles. The minimum Gasteiger partial charge on any atom is -0.508 e. The van der Waals surface area contributed by atoms with Gasteiger partial charge in [0.2, 0.25) is 0 Å². The highest BCUT2D eigenvalue weighted by Crippen LogP contribution is 2.30. The standard InChI is InChI=1S/C13H16O3/c1-13(9-7-12(15)16-13)8-6-10-2-4-11(14)5-3-10/h2-5,14H,6-9H2,1H3. The van der Waals surface area contributed by atoms with Gasteiger partial charge in [-0.2, -0.15) is 0 Å². The average molecular weight is 220 g/mol. The summed E-state index contributed by atoms with van der Waals surface area (Å²) in [5.74, 6) is 0.190. The topological polar surface area (TPSA) is 46.5 Å². The molecule has 1 atom stereocenters. The first-order valence-electron chi connectivity index (χ1n) is 5.57. The fourth-order valence-corrected chi connectivity index (χ4v) is 1.99. The van der Waals surface area contributed by atoms with Crippen LogP contribution in [0.3, 0.4) is 0 Å². The van der Waals surface area contributed by atoms with E-state index in [1.165, 1.54) is 0 Å². The molecule has 0 spiro atoms. The number of ether oxygens (including phenoxy) is 1. The molecule has 0 amide bonds. The summed E-state index contributed by atoms with van der Waals surface area (Å²) in [6.07, 6.45) is 3.05. The van der Waals surface area contributed by atoms with Crippen LogP contribution in [0.5, 0.6) is 5.75 Å². The fourth-order valence-electron chi connectivity index (χ4n) is 1.99. The van der Waals surface area contributed by atoms with Gasteiger partial charge in [-0.15, -0.1) is 0 Å². The molecule has 2 rings (SSSR count). The van der Waals surface area contributed by atoms with E-state index in [9.17, 15) is 4.79 Å². The van der Waals surface area contributed by atoms with Gasteiger partial charge in [0.15, 0.2) is 0 Å². The second-order valence-corrected chi connectivity index (χ2v) is 4.59. The Morgan fingerprint density at radius 1 is 1.38 bits per heavy atom. The van der Waals surface area contributed by atoms with Crippen molar-refractivity contribution < 1.29 is 14.6 Å². The lowest BCUT2D eigenvalue weighted by Crippen LogP contribution is -2.24. The monoisotopic (exact) mass is 220 g/mol. The van der Waals surface area contributed by atoms with Gasteiger partial charge in [-0.3, -0.25) is 4.79 Å². The second-order valence-electron chi connectivity index (χ2n) is 4.59. The van der Waals surface area contributed by atoms with Crippen molar-refractivity contribution in [1.29, 1.82) is 0 Å². The molecule has 1 unspecified atom stereocenters. The van der Waals surface area contributed by atoms with E-state index in [1.807, 2.05) is 19.1 Å². The molecule has 1 N–H and O–H groups in total. The first-order chi connectivity index (χ1) is 7.57. The van der Waals surface area contributed by atoms with E-state index in [0.717, 1.165) is 24.8 Å². The van der Waals surface area contributed by atoms with Crippen LogP contribution in [-0.4, -0.2) is 16.7 Å². The molecule has 1 aliphatic rings. The molecule has 1 heterocycles. The number of phenolic OH excluding ortho intramolecular Hbond substituents is 1. The molecule has 0 bridgehead atoms. The first-order valence-corrected chi connectivity index (χ1v) is 5.57.